The van der Waals surface area contributed by atoms with Crippen LogP contribution in [0.2, 0.25) is 0 Å². The van der Waals surface area contributed by atoms with Crippen LogP contribution in [0.5, 0.6) is 0 Å². The van der Waals surface area contributed by atoms with Gasteiger partial charge in [0.1, 0.15) is 6.54 Å². The molecule has 0 saturated heterocycles. The molecular formula is C26H25N3O3S. The molecule has 33 heavy (non-hydrogen) atoms. The Morgan fingerprint density at radius 1 is 0.879 bits per heavy atom. The van der Waals surface area contributed by atoms with Crippen molar-refractivity contribution in [3.05, 3.63) is 98.7 Å². The molecule has 3 aromatic carbocycles. The van der Waals surface area contributed by atoms with Crippen LogP contribution in [0, 0.1) is 13.8 Å². The van der Waals surface area contributed by atoms with Crippen LogP contribution in [0.25, 0.3) is 10.9 Å². The van der Waals surface area contributed by atoms with Crippen LogP contribution in [0.4, 0.5) is 5.69 Å². The maximum Gasteiger partial charge on any atom is 0.331 e. The van der Waals surface area contributed by atoms with Gasteiger partial charge in [0.15, 0.2) is 0 Å². The van der Waals surface area contributed by atoms with E-state index in [4.69, 9.17) is 0 Å². The van der Waals surface area contributed by atoms with Crippen molar-refractivity contribution in [3.8, 4) is 0 Å². The van der Waals surface area contributed by atoms with Gasteiger partial charge in [-0.3, -0.25) is 18.7 Å². The molecule has 0 unspecified atom stereocenters. The van der Waals surface area contributed by atoms with Gasteiger partial charge in [0.2, 0.25) is 5.91 Å². The summed E-state index contributed by atoms with van der Waals surface area (Å²) in [4.78, 5) is 40.4. The zero-order valence-electron chi connectivity index (χ0n) is 18.8. The van der Waals surface area contributed by atoms with Gasteiger partial charge in [-0.05, 0) is 80.4 Å². The zero-order chi connectivity index (χ0) is 23.5. The van der Waals surface area contributed by atoms with E-state index in [0.29, 0.717) is 16.6 Å². The average molecular weight is 460 g/mol. The molecule has 7 heteroatoms. The van der Waals surface area contributed by atoms with Crippen LogP contribution >= 0.6 is 11.8 Å². The van der Waals surface area contributed by atoms with Crippen molar-refractivity contribution < 1.29 is 4.79 Å². The Balaban J connectivity index is 1.51. The number of aryl methyl sites for hydroxylation is 2. The predicted molar refractivity (Wildman–Crippen MR) is 133 cm³/mol. The summed E-state index contributed by atoms with van der Waals surface area (Å²) in [6.45, 7) is 5.98. The van der Waals surface area contributed by atoms with E-state index in [1.54, 1.807) is 43.0 Å². The molecule has 0 aliphatic rings. The van der Waals surface area contributed by atoms with Gasteiger partial charge in [-0.25, -0.2) is 4.79 Å². The summed E-state index contributed by atoms with van der Waals surface area (Å²) >= 11 is 1.66. The molecule has 0 fully saturated rings. The second-order valence-corrected chi connectivity index (χ2v) is 9.00. The molecule has 1 aromatic heterocycles. The molecule has 0 aliphatic heterocycles. The minimum atomic E-state index is -0.489. The molecular weight excluding hydrogens is 434 g/mol. The van der Waals surface area contributed by atoms with E-state index in [1.165, 1.54) is 15.7 Å². The van der Waals surface area contributed by atoms with E-state index >= 15 is 0 Å². The van der Waals surface area contributed by atoms with Crippen LogP contribution in [0.15, 0.2) is 86.1 Å². The molecule has 0 saturated carbocycles. The summed E-state index contributed by atoms with van der Waals surface area (Å²) in [5.41, 5.74) is 2.78. The van der Waals surface area contributed by atoms with E-state index in [9.17, 15) is 14.4 Å². The van der Waals surface area contributed by atoms with Crippen molar-refractivity contribution in [3.63, 3.8) is 0 Å². The summed E-state index contributed by atoms with van der Waals surface area (Å²) < 4.78 is 2.49. The molecule has 0 radical (unpaired) electrons. The number of benzene rings is 3. The van der Waals surface area contributed by atoms with E-state index in [1.807, 2.05) is 24.3 Å². The van der Waals surface area contributed by atoms with Crippen molar-refractivity contribution in [1.29, 1.82) is 0 Å². The summed E-state index contributed by atoms with van der Waals surface area (Å²) in [7, 11) is 0. The summed E-state index contributed by atoms with van der Waals surface area (Å²) in [5, 5.41) is 3.26. The van der Waals surface area contributed by atoms with Crippen molar-refractivity contribution >= 4 is 34.3 Å². The topological polar surface area (TPSA) is 73.1 Å². The first-order chi connectivity index (χ1) is 15.9. The standard InChI is InChI=1S/C26H25N3O3S/c1-4-28-25(31)22-7-5-6-8-23(22)29(26(28)32)16-24(30)27-19-10-13-20(14-11-19)33-21-12-9-17(2)18(3)15-21/h5-15H,4,16H2,1-3H3,(H,27,30). The average Bonchev–Trinajstić information content (AvgIpc) is 2.81. The molecule has 1 amide bonds. The van der Waals surface area contributed by atoms with Crippen molar-refractivity contribution in [2.45, 2.75) is 43.7 Å². The Labute approximate surface area is 195 Å². The van der Waals surface area contributed by atoms with Gasteiger partial charge in [0.05, 0.1) is 10.9 Å². The van der Waals surface area contributed by atoms with Gasteiger partial charge in [0, 0.05) is 22.0 Å². The number of nitrogens with zero attached hydrogens (tertiary/aromatic N) is 2. The number of hydrogen-bond acceptors (Lipinski definition) is 4. The molecule has 0 aliphatic carbocycles. The van der Waals surface area contributed by atoms with Gasteiger partial charge < -0.3 is 5.32 Å². The molecule has 1 heterocycles. The molecule has 0 atom stereocenters. The number of rotatable bonds is 6. The summed E-state index contributed by atoms with van der Waals surface area (Å²) in [6.07, 6.45) is 0. The second kappa shape index (κ2) is 9.50. The highest BCUT2D eigenvalue weighted by molar-refractivity contribution is 7.99. The Morgan fingerprint density at radius 3 is 2.27 bits per heavy atom. The normalized spacial score (nSPS) is 11.0. The summed E-state index contributed by atoms with van der Waals surface area (Å²) in [6, 6.07) is 20.8. The Hall–Kier alpha value is -3.58. The van der Waals surface area contributed by atoms with Crippen LogP contribution in [0.3, 0.4) is 0 Å². The van der Waals surface area contributed by atoms with Crippen molar-refractivity contribution in [1.82, 2.24) is 9.13 Å². The number of anilines is 1. The first-order valence-electron chi connectivity index (χ1n) is 10.7. The van der Waals surface area contributed by atoms with Crippen LogP contribution in [-0.4, -0.2) is 15.0 Å². The minimum Gasteiger partial charge on any atom is -0.325 e. The third-order valence-electron chi connectivity index (χ3n) is 5.60. The maximum atomic E-state index is 12.8. The van der Waals surface area contributed by atoms with E-state index in [0.717, 1.165) is 14.4 Å². The number of carbonyl (C=O) groups excluding carboxylic acids is 1. The van der Waals surface area contributed by atoms with Gasteiger partial charge >= 0.3 is 5.69 Å². The SMILES string of the molecule is CCn1c(=O)c2ccccc2n(CC(=O)Nc2ccc(Sc3ccc(C)c(C)c3)cc2)c1=O. The number of amides is 1. The fraction of sp³-hybridized carbons (Fsp3) is 0.192. The van der Waals surface area contributed by atoms with Crippen LogP contribution < -0.4 is 16.6 Å². The number of carbonyl (C=O) groups is 1. The van der Waals surface area contributed by atoms with E-state index < -0.39 is 5.69 Å². The number of hydrogen-bond donors (Lipinski definition) is 1. The lowest BCUT2D eigenvalue weighted by Crippen LogP contribution is -2.41. The number of aromatic nitrogens is 2. The Kier molecular flexibility index (Phi) is 6.51. The smallest absolute Gasteiger partial charge is 0.325 e. The largest absolute Gasteiger partial charge is 0.331 e. The number of nitrogens with one attached hydrogen (secondary N) is 1. The second-order valence-electron chi connectivity index (χ2n) is 7.86. The zero-order valence-corrected chi connectivity index (χ0v) is 19.6. The van der Waals surface area contributed by atoms with Crippen LogP contribution in [0.1, 0.15) is 18.1 Å². The van der Waals surface area contributed by atoms with Crippen molar-refractivity contribution in [2.75, 3.05) is 5.32 Å². The van der Waals surface area contributed by atoms with E-state index in [2.05, 4.69) is 37.4 Å². The highest BCUT2D eigenvalue weighted by Crippen LogP contribution is 2.29. The van der Waals surface area contributed by atoms with E-state index in [-0.39, 0.29) is 24.6 Å². The van der Waals surface area contributed by atoms with Gasteiger partial charge in [-0.15, -0.1) is 0 Å². The monoisotopic (exact) mass is 459 g/mol. The number of fused-ring (bicyclic) bond motifs is 1. The van der Waals surface area contributed by atoms with Gasteiger partial charge in [-0.1, -0.05) is 30.0 Å². The lowest BCUT2D eigenvalue weighted by molar-refractivity contribution is -0.116. The molecule has 1 N–H and O–H groups in total. The van der Waals surface area contributed by atoms with Crippen LogP contribution in [-0.2, 0) is 17.9 Å². The molecule has 168 valence electrons. The number of para-hydroxylation sites is 1. The highest BCUT2D eigenvalue weighted by Gasteiger charge is 2.14. The Morgan fingerprint density at radius 2 is 1.58 bits per heavy atom. The van der Waals surface area contributed by atoms with Gasteiger partial charge in [0.25, 0.3) is 5.56 Å². The first-order valence-corrected chi connectivity index (χ1v) is 11.6. The molecule has 0 spiro atoms. The molecule has 4 aromatic rings. The van der Waals surface area contributed by atoms with Gasteiger partial charge in [-0.2, -0.15) is 0 Å². The molecule has 0 bridgehead atoms. The third-order valence-corrected chi connectivity index (χ3v) is 6.60. The van der Waals surface area contributed by atoms with Crippen molar-refractivity contribution in [2.24, 2.45) is 0 Å². The first kappa shape index (κ1) is 22.6. The fourth-order valence-corrected chi connectivity index (χ4v) is 4.58. The molecule has 6 nitrogen and oxygen atoms in total. The molecule has 4 rings (SSSR count). The summed E-state index contributed by atoms with van der Waals surface area (Å²) in [5.74, 6) is -0.335. The lowest BCUT2D eigenvalue weighted by Gasteiger charge is -2.13. The lowest BCUT2D eigenvalue weighted by atomic mass is 10.1. The predicted octanol–water partition coefficient (Wildman–Crippen LogP) is 4.59. The maximum absolute atomic E-state index is 12.8. The fourth-order valence-electron chi connectivity index (χ4n) is 3.67. The third kappa shape index (κ3) is 4.78. The Bertz CT molecular complexity index is 1450. The quantitative estimate of drug-likeness (QED) is 0.458. The highest BCUT2D eigenvalue weighted by atomic mass is 32.2. The minimum absolute atomic E-state index is 0.182.